The summed E-state index contributed by atoms with van der Waals surface area (Å²) in [5, 5.41) is 12.7. The predicted molar refractivity (Wildman–Crippen MR) is 170 cm³/mol. The number of aryl methyl sites for hydroxylation is 1. The molecule has 1 aliphatic heterocycles. The summed E-state index contributed by atoms with van der Waals surface area (Å²) in [4.78, 5) is 36.4. The number of aromatic amines is 1. The van der Waals surface area contributed by atoms with Crippen molar-refractivity contribution in [2.24, 2.45) is 0 Å². The van der Waals surface area contributed by atoms with Crippen LogP contribution in [0.1, 0.15) is 90.7 Å². The lowest BCUT2D eigenvalue weighted by atomic mass is 9.88. The van der Waals surface area contributed by atoms with Gasteiger partial charge in [0.25, 0.3) is 11.5 Å². The van der Waals surface area contributed by atoms with Crippen LogP contribution in [-0.4, -0.2) is 84.3 Å². The second kappa shape index (κ2) is 13.9. The average molecular weight is 576 g/mol. The van der Waals surface area contributed by atoms with Crippen molar-refractivity contribution in [2.45, 2.75) is 91.0 Å². The van der Waals surface area contributed by atoms with Gasteiger partial charge < -0.3 is 25.2 Å². The molecule has 0 spiro atoms. The summed E-state index contributed by atoms with van der Waals surface area (Å²) in [6, 6.07) is 7.03. The lowest BCUT2D eigenvalue weighted by Crippen LogP contribution is -2.50. The number of carbonyl (C=O) groups is 1. The molecule has 1 saturated carbocycles. The lowest BCUT2D eigenvalue weighted by molar-refractivity contribution is 0.0111. The van der Waals surface area contributed by atoms with Gasteiger partial charge in [0.2, 0.25) is 0 Å². The van der Waals surface area contributed by atoms with Gasteiger partial charge in [-0.15, -0.1) is 0 Å². The first kappa shape index (κ1) is 31.8. The number of hydrogen-bond acceptors (Lipinski definition) is 6. The molecule has 1 saturated heterocycles. The highest BCUT2D eigenvalue weighted by Gasteiger charge is 2.28. The van der Waals surface area contributed by atoms with Gasteiger partial charge >= 0.3 is 0 Å². The summed E-state index contributed by atoms with van der Waals surface area (Å²) < 4.78 is 0. The highest BCUT2D eigenvalue weighted by atomic mass is 16.3. The number of benzene rings is 1. The van der Waals surface area contributed by atoms with Crippen molar-refractivity contribution < 1.29 is 9.90 Å². The van der Waals surface area contributed by atoms with Crippen molar-refractivity contribution >= 4 is 11.6 Å². The topological polar surface area (TPSA) is 91.9 Å². The molecular weight excluding hydrogens is 526 g/mol. The quantitative estimate of drug-likeness (QED) is 0.395. The van der Waals surface area contributed by atoms with E-state index in [1.54, 1.807) is 0 Å². The molecule has 1 aromatic heterocycles. The Bertz CT molecular complexity index is 1370. The standard InChI is InChI=1S/C34H49N5O3/c1-8-39(27-13-11-26(12-14-27)37(6)7)32-18-25(10-9-15-38-20-28(40)21-38)17-30(24(32)5)33(41)35-19-31-29(22(2)3)16-23(4)36-34(31)42/h16-18,22,26-28,40H,8,11-15,19-21H2,1-7H3,(H,35,41)(H,36,42). The summed E-state index contributed by atoms with van der Waals surface area (Å²) in [5.41, 5.74) is 5.60. The number of carbonyl (C=O) groups excluding carboxylic acids is 1. The number of aromatic nitrogens is 1. The third kappa shape index (κ3) is 7.44. The van der Waals surface area contributed by atoms with Crippen LogP contribution in [0.5, 0.6) is 0 Å². The van der Waals surface area contributed by atoms with E-state index in [-0.39, 0.29) is 30.0 Å². The van der Waals surface area contributed by atoms with E-state index in [1.807, 2.05) is 26.0 Å². The molecule has 8 nitrogen and oxygen atoms in total. The summed E-state index contributed by atoms with van der Waals surface area (Å²) >= 11 is 0. The number of hydrogen-bond donors (Lipinski definition) is 3. The molecule has 0 atom stereocenters. The molecule has 2 heterocycles. The first-order valence-corrected chi connectivity index (χ1v) is 15.5. The number of anilines is 1. The van der Waals surface area contributed by atoms with Crippen molar-refractivity contribution in [1.29, 1.82) is 0 Å². The molecule has 0 bridgehead atoms. The van der Waals surface area contributed by atoms with E-state index < -0.39 is 0 Å². The Labute approximate surface area is 251 Å². The van der Waals surface area contributed by atoms with E-state index in [1.165, 1.54) is 0 Å². The Morgan fingerprint density at radius 3 is 2.38 bits per heavy atom. The monoisotopic (exact) mass is 575 g/mol. The maximum Gasteiger partial charge on any atom is 0.253 e. The highest BCUT2D eigenvalue weighted by molar-refractivity contribution is 5.97. The Balaban J connectivity index is 1.63. The van der Waals surface area contributed by atoms with E-state index in [9.17, 15) is 14.7 Å². The smallest absolute Gasteiger partial charge is 0.253 e. The molecule has 4 rings (SSSR count). The number of β-amino-alcohol motifs (C(OH)–C–C–N with tert-alkyl or cyclic N) is 1. The average Bonchev–Trinajstić information content (AvgIpc) is 2.93. The maximum atomic E-state index is 13.7. The largest absolute Gasteiger partial charge is 0.390 e. The molecular formula is C34H49N5O3. The van der Waals surface area contributed by atoms with Crippen molar-refractivity contribution in [2.75, 3.05) is 45.2 Å². The van der Waals surface area contributed by atoms with Gasteiger partial charge in [0.05, 0.1) is 12.6 Å². The van der Waals surface area contributed by atoms with E-state index in [4.69, 9.17) is 0 Å². The number of rotatable bonds is 9. The second-order valence-electron chi connectivity index (χ2n) is 12.6. The zero-order chi connectivity index (χ0) is 30.6. The Morgan fingerprint density at radius 2 is 1.79 bits per heavy atom. The Kier molecular flexibility index (Phi) is 10.5. The van der Waals surface area contributed by atoms with Gasteiger partial charge in [-0.05, 0) is 95.8 Å². The Hall–Kier alpha value is -3.12. The number of aliphatic hydroxyl groups excluding tert-OH is 1. The number of nitrogens with zero attached hydrogens (tertiary/aromatic N) is 3. The molecule has 2 fully saturated rings. The van der Waals surface area contributed by atoms with Crippen LogP contribution in [0, 0.1) is 25.7 Å². The first-order chi connectivity index (χ1) is 20.0. The molecule has 8 heteroatoms. The third-order valence-corrected chi connectivity index (χ3v) is 8.94. The minimum atomic E-state index is -0.259. The predicted octanol–water partition coefficient (Wildman–Crippen LogP) is 3.77. The van der Waals surface area contributed by atoms with Crippen LogP contribution in [0.4, 0.5) is 5.69 Å². The number of pyridine rings is 1. The minimum absolute atomic E-state index is 0.155. The third-order valence-electron chi connectivity index (χ3n) is 8.94. The molecule has 42 heavy (non-hydrogen) atoms. The van der Waals surface area contributed by atoms with E-state index in [2.05, 4.69) is 77.8 Å². The van der Waals surface area contributed by atoms with Crippen LogP contribution in [0.2, 0.25) is 0 Å². The zero-order valence-electron chi connectivity index (χ0n) is 26.5. The SMILES string of the molecule is CCN(c1cc(C#CCN2CC(O)C2)cc(C(=O)NCc2c(C(C)C)cc(C)[nH]c2=O)c1C)C1CCC(N(C)C)CC1. The fourth-order valence-electron chi connectivity index (χ4n) is 6.45. The second-order valence-corrected chi connectivity index (χ2v) is 12.6. The molecule has 1 amide bonds. The summed E-state index contributed by atoms with van der Waals surface area (Å²) in [6.45, 7) is 13.1. The van der Waals surface area contributed by atoms with E-state index in [0.29, 0.717) is 42.8 Å². The van der Waals surface area contributed by atoms with Crippen LogP contribution in [0.3, 0.4) is 0 Å². The van der Waals surface area contributed by atoms with Gasteiger partial charge in [-0.25, -0.2) is 0 Å². The lowest BCUT2D eigenvalue weighted by Gasteiger charge is -2.40. The Morgan fingerprint density at radius 1 is 1.12 bits per heavy atom. The van der Waals surface area contributed by atoms with Gasteiger partial charge in [0.1, 0.15) is 0 Å². The van der Waals surface area contributed by atoms with Crippen LogP contribution < -0.4 is 15.8 Å². The van der Waals surface area contributed by atoms with Crippen LogP contribution in [0.15, 0.2) is 23.0 Å². The molecule has 0 radical (unpaired) electrons. The molecule has 3 N–H and O–H groups in total. The van der Waals surface area contributed by atoms with Crippen molar-refractivity contribution in [3.8, 4) is 11.8 Å². The summed E-state index contributed by atoms with van der Waals surface area (Å²) in [7, 11) is 4.32. The number of likely N-dealkylation sites (tertiary alicyclic amines) is 1. The maximum absolute atomic E-state index is 13.7. The van der Waals surface area contributed by atoms with Gasteiger partial charge in [-0.2, -0.15) is 0 Å². The zero-order valence-corrected chi connectivity index (χ0v) is 26.5. The van der Waals surface area contributed by atoms with Crippen LogP contribution >= 0.6 is 0 Å². The summed E-state index contributed by atoms with van der Waals surface area (Å²) in [5.74, 6) is 6.50. The van der Waals surface area contributed by atoms with Crippen LogP contribution in [0.25, 0.3) is 0 Å². The van der Waals surface area contributed by atoms with Gasteiger partial charge in [-0.3, -0.25) is 14.5 Å². The molecule has 228 valence electrons. The molecule has 2 aromatic rings. The first-order valence-electron chi connectivity index (χ1n) is 15.5. The van der Waals surface area contributed by atoms with Gasteiger partial charge in [0, 0.05) is 66.3 Å². The number of amides is 1. The van der Waals surface area contributed by atoms with E-state index in [0.717, 1.165) is 60.3 Å². The van der Waals surface area contributed by atoms with Crippen LogP contribution in [-0.2, 0) is 6.54 Å². The number of aliphatic hydroxyl groups is 1. The molecule has 1 aliphatic carbocycles. The highest BCUT2D eigenvalue weighted by Crippen LogP contribution is 2.33. The summed E-state index contributed by atoms with van der Waals surface area (Å²) in [6.07, 6.45) is 4.28. The van der Waals surface area contributed by atoms with Crippen molar-refractivity contribution in [1.82, 2.24) is 20.1 Å². The van der Waals surface area contributed by atoms with Crippen molar-refractivity contribution in [3.05, 3.63) is 62.1 Å². The van der Waals surface area contributed by atoms with E-state index >= 15 is 0 Å². The molecule has 0 unspecified atom stereocenters. The fraction of sp³-hybridized carbons (Fsp3) is 0.588. The minimum Gasteiger partial charge on any atom is -0.390 e. The molecule has 2 aliphatic rings. The normalized spacial score (nSPS) is 19.4. The number of H-pyrrole nitrogens is 1. The number of nitrogens with one attached hydrogen (secondary N) is 2. The molecule has 1 aromatic carbocycles. The van der Waals surface area contributed by atoms with Gasteiger partial charge in [-0.1, -0.05) is 25.7 Å². The van der Waals surface area contributed by atoms with Crippen molar-refractivity contribution in [3.63, 3.8) is 0 Å². The fourth-order valence-corrected chi connectivity index (χ4v) is 6.45. The van der Waals surface area contributed by atoms with Gasteiger partial charge in [0.15, 0.2) is 0 Å².